The quantitative estimate of drug-likeness (QED) is 0.692. The highest BCUT2D eigenvalue weighted by Gasteiger charge is 2.19. The van der Waals surface area contributed by atoms with E-state index >= 15 is 0 Å². The van der Waals surface area contributed by atoms with Crippen LogP contribution in [0.3, 0.4) is 0 Å². The van der Waals surface area contributed by atoms with Gasteiger partial charge in [0.05, 0.1) is 0 Å². The number of benzene rings is 1. The molecule has 0 aromatic heterocycles. The smallest absolute Gasteiger partial charge is 0.137 e. The molecule has 0 spiro atoms. The van der Waals surface area contributed by atoms with Crippen LogP contribution in [0.2, 0.25) is 0 Å². The van der Waals surface area contributed by atoms with E-state index in [9.17, 15) is 4.79 Å². The van der Waals surface area contributed by atoms with Crippen LogP contribution in [0.4, 0.5) is 0 Å². The summed E-state index contributed by atoms with van der Waals surface area (Å²) >= 11 is 0. The van der Waals surface area contributed by atoms with E-state index in [1.165, 1.54) is 0 Å². The van der Waals surface area contributed by atoms with Crippen molar-refractivity contribution in [3.8, 4) is 0 Å². The van der Waals surface area contributed by atoms with Gasteiger partial charge in [-0.25, -0.2) is 0 Å². The van der Waals surface area contributed by atoms with Crippen molar-refractivity contribution in [2.24, 2.45) is 5.92 Å². The molecule has 1 unspecified atom stereocenters. The van der Waals surface area contributed by atoms with Crippen LogP contribution in [0.25, 0.3) is 0 Å². The average Bonchev–Trinajstić information content (AvgIpc) is 2.04. The van der Waals surface area contributed by atoms with E-state index in [4.69, 9.17) is 0 Å². The molecule has 0 aliphatic carbocycles. The molecule has 1 nitrogen and oxygen atoms in total. The van der Waals surface area contributed by atoms with Crippen LogP contribution >= 0.6 is 0 Å². The Balaban J connectivity index is 2.96. The first-order valence-electron chi connectivity index (χ1n) is 4.68. The third-order valence-corrected chi connectivity index (χ3v) is 2.26. The number of rotatable bonds is 3. The Labute approximate surface area is 79.8 Å². The summed E-state index contributed by atoms with van der Waals surface area (Å²) in [5.74, 6) is 0.683. The van der Waals surface area contributed by atoms with Crippen LogP contribution in [0.1, 0.15) is 32.3 Å². The van der Waals surface area contributed by atoms with Gasteiger partial charge in [0.15, 0.2) is 0 Å². The van der Waals surface area contributed by atoms with Crippen LogP contribution in [0.5, 0.6) is 0 Å². The normalized spacial score (nSPS) is 12.9. The number of carbonyl (C=O) groups excluding carboxylic acids is 1. The predicted octanol–water partition coefficient (Wildman–Crippen LogP) is 3.02. The molecule has 13 heavy (non-hydrogen) atoms. The Morgan fingerprint density at radius 1 is 1.15 bits per heavy atom. The molecule has 1 aromatic carbocycles. The Morgan fingerprint density at radius 3 is 2.08 bits per heavy atom. The summed E-state index contributed by atoms with van der Waals surface area (Å²) in [6, 6.07) is 9.97. The van der Waals surface area contributed by atoms with E-state index in [1.807, 2.05) is 30.3 Å². The molecule has 0 aliphatic heterocycles. The van der Waals surface area contributed by atoms with Gasteiger partial charge in [-0.1, -0.05) is 44.2 Å². The number of hydrogen-bond acceptors (Lipinski definition) is 1. The second kappa shape index (κ2) is 4.22. The highest BCUT2D eigenvalue weighted by molar-refractivity contribution is 5.83. The summed E-state index contributed by atoms with van der Waals surface area (Å²) in [5.41, 5.74) is 1.13. The van der Waals surface area contributed by atoms with Crippen molar-refractivity contribution >= 4 is 5.78 Å². The van der Waals surface area contributed by atoms with E-state index in [0.29, 0.717) is 5.92 Å². The number of ketones is 1. The SMILES string of the molecule is CC(=O)C(c1ccccc1)C(C)C. The van der Waals surface area contributed by atoms with Crippen LogP contribution in [0, 0.1) is 5.92 Å². The highest BCUT2D eigenvalue weighted by atomic mass is 16.1. The van der Waals surface area contributed by atoms with Crippen molar-refractivity contribution in [1.29, 1.82) is 0 Å². The van der Waals surface area contributed by atoms with Gasteiger partial charge in [0, 0.05) is 5.92 Å². The number of hydrogen-bond donors (Lipinski definition) is 0. The van der Waals surface area contributed by atoms with Crippen molar-refractivity contribution in [1.82, 2.24) is 0 Å². The summed E-state index contributed by atoms with van der Waals surface area (Å²) < 4.78 is 0. The molecule has 0 radical (unpaired) electrons. The van der Waals surface area contributed by atoms with Crippen molar-refractivity contribution < 1.29 is 4.79 Å². The molecule has 0 amide bonds. The van der Waals surface area contributed by atoms with Crippen molar-refractivity contribution in [2.75, 3.05) is 0 Å². The maximum absolute atomic E-state index is 11.4. The maximum atomic E-state index is 11.4. The molecular formula is C12H16O. The first-order valence-corrected chi connectivity index (χ1v) is 4.68. The van der Waals surface area contributed by atoms with Crippen molar-refractivity contribution in [3.63, 3.8) is 0 Å². The second-order valence-electron chi connectivity index (χ2n) is 3.74. The number of Topliss-reactive ketones (excluding diaryl/α,β-unsaturated/α-hetero) is 1. The average molecular weight is 176 g/mol. The van der Waals surface area contributed by atoms with Gasteiger partial charge in [-0.3, -0.25) is 4.79 Å². The van der Waals surface area contributed by atoms with Gasteiger partial charge in [0.2, 0.25) is 0 Å². The predicted molar refractivity (Wildman–Crippen MR) is 54.7 cm³/mol. The van der Waals surface area contributed by atoms with Gasteiger partial charge in [-0.05, 0) is 18.4 Å². The molecule has 1 rings (SSSR count). The van der Waals surface area contributed by atoms with Crippen LogP contribution in [-0.2, 0) is 4.79 Å². The lowest BCUT2D eigenvalue weighted by molar-refractivity contribution is -0.119. The van der Waals surface area contributed by atoms with Crippen LogP contribution in [0.15, 0.2) is 30.3 Å². The largest absolute Gasteiger partial charge is 0.299 e. The van der Waals surface area contributed by atoms with Crippen molar-refractivity contribution in [3.05, 3.63) is 35.9 Å². The third kappa shape index (κ3) is 2.41. The molecule has 0 aliphatic rings. The zero-order valence-corrected chi connectivity index (χ0v) is 8.45. The highest BCUT2D eigenvalue weighted by Crippen LogP contribution is 2.24. The first-order chi connectivity index (χ1) is 6.13. The van der Waals surface area contributed by atoms with E-state index < -0.39 is 0 Å². The fourth-order valence-electron chi connectivity index (χ4n) is 1.75. The second-order valence-corrected chi connectivity index (χ2v) is 3.74. The number of carbonyl (C=O) groups is 1. The lowest BCUT2D eigenvalue weighted by Gasteiger charge is -2.17. The third-order valence-electron chi connectivity index (χ3n) is 2.26. The molecule has 0 heterocycles. The first kappa shape index (κ1) is 9.97. The Hall–Kier alpha value is -1.11. The summed E-state index contributed by atoms with van der Waals surface area (Å²) in [6.45, 7) is 5.83. The zero-order chi connectivity index (χ0) is 9.84. The molecule has 1 aromatic rings. The maximum Gasteiger partial charge on any atom is 0.137 e. The molecular weight excluding hydrogens is 160 g/mol. The molecule has 0 bridgehead atoms. The van der Waals surface area contributed by atoms with Gasteiger partial charge in [0.25, 0.3) is 0 Å². The Bertz CT molecular complexity index is 274. The molecule has 70 valence electrons. The standard InChI is InChI=1S/C12H16O/c1-9(2)12(10(3)13)11-7-5-4-6-8-11/h4-9,12H,1-3H3. The molecule has 1 atom stereocenters. The van der Waals surface area contributed by atoms with Gasteiger partial charge < -0.3 is 0 Å². The lowest BCUT2D eigenvalue weighted by atomic mass is 9.86. The zero-order valence-electron chi connectivity index (χ0n) is 8.45. The monoisotopic (exact) mass is 176 g/mol. The minimum atomic E-state index is 0.0567. The van der Waals surface area contributed by atoms with Gasteiger partial charge in [-0.2, -0.15) is 0 Å². The minimum Gasteiger partial charge on any atom is -0.299 e. The Morgan fingerprint density at radius 2 is 1.69 bits per heavy atom. The van der Waals surface area contributed by atoms with E-state index in [-0.39, 0.29) is 11.7 Å². The van der Waals surface area contributed by atoms with Gasteiger partial charge in [-0.15, -0.1) is 0 Å². The van der Waals surface area contributed by atoms with Crippen molar-refractivity contribution in [2.45, 2.75) is 26.7 Å². The van der Waals surface area contributed by atoms with E-state index in [2.05, 4.69) is 13.8 Å². The fraction of sp³-hybridized carbons (Fsp3) is 0.417. The van der Waals surface area contributed by atoms with Gasteiger partial charge >= 0.3 is 0 Å². The molecule has 0 N–H and O–H groups in total. The van der Waals surface area contributed by atoms with Crippen LogP contribution in [-0.4, -0.2) is 5.78 Å². The van der Waals surface area contributed by atoms with E-state index in [1.54, 1.807) is 6.92 Å². The summed E-state index contributed by atoms with van der Waals surface area (Å²) in [7, 11) is 0. The van der Waals surface area contributed by atoms with E-state index in [0.717, 1.165) is 5.56 Å². The summed E-state index contributed by atoms with van der Waals surface area (Å²) in [5, 5.41) is 0. The Kier molecular flexibility index (Phi) is 3.24. The summed E-state index contributed by atoms with van der Waals surface area (Å²) in [4.78, 5) is 11.4. The lowest BCUT2D eigenvalue weighted by Crippen LogP contribution is -2.14. The van der Waals surface area contributed by atoms with Gasteiger partial charge in [0.1, 0.15) is 5.78 Å². The molecule has 1 heteroatoms. The minimum absolute atomic E-state index is 0.0567. The topological polar surface area (TPSA) is 17.1 Å². The summed E-state index contributed by atoms with van der Waals surface area (Å²) in [6.07, 6.45) is 0. The fourth-order valence-corrected chi connectivity index (χ4v) is 1.75. The van der Waals surface area contributed by atoms with Crippen LogP contribution < -0.4 is 0 Å². The molecule has 0 saturated carbocycles. The molecule has 0 fully saturated rings. The molecule has 0 saturated heterocycles.